The third-order valence-electron chi connectivity index (χ3n) is 7.28. The summed E-state index contributed by atoms with van der Waals surface area (Å²) >= 11 is 0. The molecule has 5 aromatic rings. The minimum absolute atomic E-state index is 0.0602. The maximum absolute atomic E-state index is 14.0. The summed E-state index contributed by atoms with van der Waals surface area (Å²) in [5.74, 6) is -1.12. The topological polar surface area (TPSA) is 138 Å². The summed E-state index contributed by atoms with van der Waals surface area (Å²) in [6.45, 7) is 0. The zero-order valence-electron chi connectivity index (χ0n) is 22.0. The van der Waals surface area contributed by atoms with Crippen LogP contribution >= 0.6 is 0 Å². The molecule has 1 fully saturated rings. The first-order chi connectivity index (χ1) is 19.9. The maximum atomic E-state index is 14.0. The van der Waals surface area contributed by atoms with Crippen molar-refractivity contribution < 1.29 is 30.4 Å². The second-order valence-corrected chi connectivity index (χ2v) is 15.8. The summed E-state index contributed by atoms with van der Waals surface area (Å²) < 4.78 is 82.5. The number of rotatable bonds is 7. The summed E-state index contributed by atoms with van der Waals surface area (Å²) in [6, 6.07) is 28.2. The van der Waals surface area contributed by atoms with Crippen LogP contribution in [0.2, 0.25) is 0 Å². The molecule has 1 aliphatic rings. The van der Waals surface area contributed by atoms with Crippen LogP contribution in [0.4, 0.5) is 11.4 Å². The van der Waals surface area contributed by atoms with Crippen LogP contribution < -0.4 is 9.03 Å². The Morgan fingerprint density at radius 3 is 1.74 bits per heavy atom. The minimum Gasteiger partial charge on any atom is -0.390 e. The predicted molar refractivity (Wildman–Crippen MR) is 163 cm³/mol. The molecule has 0 spiro atoms. The molecular weight excluding hydrogens is 597 g/mol. The lowest BCUT2D eigenvalue weighted by molar-refractivity contribution is 0.184. The number of anilines is 2. The third kappa shape index (κ3) is 5.34. The fourth-order valence-corrected chi connectivity index (χ4v) is 9.88. The summed E-state index contributed by atoms with van der Waals surface area (Å²) in [6.07, 6.45) is -1.45. The van der Waals surface area contributed by atoms with E-state index in [1.807, 2.05) is 36.4 Å². The van der Waals surface area contributed by atoms with Gasteiger partial charge in [-0.2, -0.15) is 0 Å². The van der Waals surface area contributed by atoms with Gasteiger partial charge in [0.2, 0.25) is 0 Å². The van der Waals surface area contributed by atoms with E-state index in [2.05, 4.69) is 4.72 Å². The SMILES string of the molecule is O=S1(=O)C[C@@H](O)[C@@H](N(c2ccc(NS(=O)(=O)c3ccc4ccccc4c3)cc2)S(=O)(=O)c2ccc3ccccc3c2)C1. The molecule has 1 saturated heterocycles. The molecule has 5 aromatic carbocycles. The number of hydrogen-bond donors (Lipinski definition) is 2. The van der Waals surface area contributed by atoms with Crippen molar-refractivity contribution in [3.05, 3.63) is 109 Å². The molecule has 1 aliphatic heterocycles. The Morgan fingerprint density at radius 1 is 0.667 bits per heavy atom. The first kappa shape index (κ1) is 28.2. The van der Waals surface area contributed by atoms with Crippen LogP contribution in [0, 0.1) is 0 Å². The molecule has 0 radical (unpaired) electrons. The molecule has 9 nitrogen and oxygen atoms in total. The largest absolute Gasteiger partial charge is 0.390 e. The van der Waals surface area contributed by atoms with Crippen molar-refractivity contribution in [3.63, 3.8) is 0 Å². The van der Waals surface area contributed by atoms with Gasteiger partial charge in [0.1, 0.15) is 0 Å². The Labute approximate surface area is 244 Å². The van der Waals surface area contributed by atoms with Gasteiger partial charge >= 0.3 is 0 Å². The van der Waals surface area contributed by atoms with Crippen LogP contribution in [0.15, 0.2) is 119 Å². The van der Waals surface area contributed by atoms with E-state index in [1.54, 1.807) is 30.3 Å². The van der Waals surface area contributed by atoms with Gasteiger partial charge in [-0.15, -0.1) is 0 Å². The number of nitrogens with zero attached hydrogens (tertiary/aromatic N) is 1. The molecule has 0 aromatic heterocycles. The maximum Gasteiger partial charge on any atom is 0.264 e. The number of aliphatic hydroxyl groups excluding tert-OH is 1. The standard InChI is InChI=1S/C30H26N2O7S3/c33-30-20-40(34,35)19-29(30)32(42(38,39)28-16-10-22-6-2-4-8-24(22)18-28)26-13-11-25(12-14-26)31-41(36,37)27-15-9-21-5-1-3-7-23(21)17-27/h1-18,29-31,33H,19-20H2/t29-,30+/m0/s1. The fourth-order valence-electron chi connectivity index (χ4n) is 5.21. The van der Waals surface area contributed by atoms with E-state index < -0.39 is 53.5 Å². The van der Waals surface area contributed by atoms with Crippen LogP contribution in [0.5, 0.6) is 0 Å². The molecule has 1 heterocycles. The molecule has 216 valence electrons. The lowest BCUT2D eigenvalue weighted by Gasteiger charge is -2.31. The average Bonchev–Trinajstić information content (AvgIpc) is 3.24. The Kier molecular flexibility index (Phi) is 6.97. The Morgan fingerprint density at radius 2 is 1.19 bits per heavy atom. The van der Waals surface area contributed by atoms with Crippen molar-refractivity contribution >= 4 is 62.8 Å². The third-order valence-corrected chi connectivity index (χ3v) is 12.2. The van der Waals surface area contributed by atoms with E-state index >= 15 is 0 Å². The molecule has 0 bridgehead atoms. The molecule has 0 aliphatic carbocycles. The molecule has 12 heteroatoms. The summed E-state index contributed by atoms with van der Waals surface area (Å²) in [5, 5.41) is 13.8. The lowest BCUT2D eigenvalue weighted by atomic mass is 10.1. The van der Waals surface area contributed by atoms with Crippen molar-refractivity contribution in [1.29, 1.82) is 0 Å². The van der Waals surface area contributed by atoms with Gasteiger partial charge in [0, 0.05) is 5.69 Å². The van der Waals surface area contributed by atoms with Gasteiger partial charge in [0.25, 0.3) is 20.0 Å². The Hall–Kier alpha value is -3.97. The van der Waals surface area contributed by atoms with Crippen LogP contribution in [-0.4, -0.2) is 54.0 Å². The Balaban J connectivity index is 1.36. The highest BCUT2D eigenvalue weighted by Crippen LogP contribution is 2.33. The van der Waals surface area contributed by atoms with Gasteiger partial charge in [-0.25, -0.2) is 25.3 Å². The summed E-state index contributed by atoms with van der Waals surface area (Å²) in [5.41, 5.74) is 0.257. The number of nitrogens with one attached hydrogen (secondary N) is 1. The fraction of sp³-hybridized carbons (Fsp3) is 0.133. The predicted octanol–water partition coefficient (Wildman–Crippen LogP) is 4.15. The number of sulfonamides is 2. The lowest BCUT2D eigenvalue weighted by Crippen LogP contribution is -2.47. The quantitative estimate of drug-likeness (QED) is 0.278. The molecule has 0 amide bonds. The van der Waals surface area contributed by atoms with Crippen molar-refractivity contribution in [2.75, 3.05) is 20.5 Å². The van der Waals surface area contributed by atoms with Crippen LogP contribution in [-0.2, 0) is 29.9 Å². The van der Waals surface area contributed by atoms with Gasteiger partial charge in [-0.05, 0) is 70.1 Å². The molecular formula is C30H26N2O7S3. The van der Waals surface area contributed by atoms with Gasteiger partial charge < -0.3 is 5.11 Å². The minimum atomic E-state index is -4.35. The van der Waals surface area contributed by atoms with E-state index in [-0.39, 0.29) is 21.2 Å². The highest BCUT2D eigenvalue weighted by molar-refractivity contribution is 7.93. The zero-order valence-corrected chi connectivity index (χ0v) is 24.5. The molecule has 2 N–H and O–H groups in total. The van der Waals surface area contributed by atoms with Crippen molar-refractivity contribution in [3.8, 4) is 0 Å². The summed E-state index contributed by atoms with van der Waals surface area (Å²) in [4.78, 5) is -0.0103. The van der Waals surface area contributed by atoms with Gasteiger partial charge in [-0.1, -0.05) is 60.7 Å². The normalized spacial score (nSPS) is 18.7. The monoisotopic (exact) mass is 622 g/mol. The number of aliphatic hydroxyl groups is 1. The van der Waals surface area contributed by atoms with E-state index in [9.17, 15) is 30.4 Å². The van der Waals surface area contributed by atoms with Gasteiger partial charge in [0.15, 0.2) is 9.84 Å². The number of sulfone groups is 1. The highest BCUT2D eigenvalue weighted by atomic mass is 32.2. The van der Waals surface area contributed by atoms with E-state index in [4.69, 9.17) is 0 Å². The molecule has 6 rings (SSSR count). The van der Waals surface area contributed by atoms with E-state index in [1.165, 1.54) is 42.5 Å². The van der Waals surface area contributed by atoms with E-state index in [0.29, 0.717) is 5.39 Å². The summed E-state index contributed by atoms with van der Waals surface area (Å²) in [7, 11) is -12.0. The first-order valence-corrected chi connectivity index (χ1v) is 17.7. The Bertz CT molecular complexity index is 2150. The number of fused-ring (bicyclic) bond motifs is 2. The van der Waals surface area contributed by atoms with Crippen molar-refractivity contribution in [2.45, 2.75) is 21.9 Å². The molecule has 2 atom stereocenters. The zero-order chi connectivity index (χ0) is 29.7. The van der Waals surface area contributed by atoms with Gasteiger partial charge in [0.05, 0.1) is 39.1 Å². The number of hydrogen-bond acceptors (Lipinski definition) is 7. The highest BCUT2D eigenvalue weighted by Gasteiger charge is 2.45. The van der Waals surface area contributed by atoms with Crippen molar-refractivity contribution in [1.82, 2.24) is 0 Å². The van der Waals surface area contributed by atoms with Crippen LogP contribution in [0.25, 0.3) is 21.5 Å². The smallest absolute Gasteiger partial charge is 0.264 e. The molecule has 0 saturated carbocycles. The second-order valence-electron chi connectivity index (χ2n) is 10.2. The first-order valence-electron chi connectivity index (χ1n) is 13.0. The van der Waals surface area contributed by atoms with E-state index in [0.717, 1.165) is 20.5 Å². The van der Waals surface area contributed by atoms with Crippen molar-refractivity contribution in [2.24, 2.45) is 0 Å². The molecule has 0 unspecified atom stereocenters. The van der Waals surface area contributed by atoms with Crippen LogP contribution in [0.1, 0.15) is 0 Å². The van der Waals surface area contributed by atoms with Crippen LogP contribution in [0.3, 0.4) is 0 Å². The van der Waals surface area contributed by atoms with Gasteiger partial charge in [-0.3, -0.25) is 9.03 Å². The second kappa shape index (κ2) is 10.4. The average molecular weight is 623 g/mol. The number of benzene rings is 5. The molecule has 42 heavy (non-hydrogen) atoms.